The monoisotopic (exact) mass is 242 g/mol. The van der Waals surface area contributed by atoms with Gasteiger partial charge >= 0.3 is 5.97 Å². The van der Waals surface area contributed by atoms with Crippen LogP contribution < -0.4 is 0 Å². The number of H-pyrrole nitrogens is 1. The third-order valence-electron chi connectivity index (χ3n) is 2.68. The number of hydrogen-bond acceptors (Lipinski definition) is 3. The molecule has 6 nitrogen and oxygen atoms in total. The van der Waals surface area contributed by atoms with E-state index in [0.29, 0.717) is 11.6 Å². The van der Waals surface area contributed by atoms with E-state index in [0.717, 1.165) is 11.0 Å². The third-order valence-corrected chi connectivity index (χ3v) is 2.68. The van der Waals surface area contributed by atoms with Gasteiger partial charge in [0.25, 0.3) is 0 Å². The lowest BCUT2D eigenvalue weighted by Gasteiger charge is -1.97. The van der Waals surface area contributed by atoms with Crippen LogP contribution in [0.2, 0.25) is 0 Å². The summed E-state index contributed by atoms with van der Waals surface area (Å²) in [7, 11) is 0. The summed E-state index contributed by atoms with van der Waals surface area (Å²) in [6.45, 7) is 1.78. The molecule has 1 aromatic carbocycles. The lowest BCUT2D eigenvalue weighted by atomic mass is 10.3. The SMILES string of the molecule is Cc1cc(C(=O)O)nn1-c1nc2ccccc2[nH]1. The molecule has 2 aromatic heterocycles. The third kappa shape index (κ3) is 1.55. The average molecular weight is 242 g/mol. The number of aryl methyl sites for hydroxylation is 1. The van der Waals surface area contributed by atoms with Gasteiger partial charge in [-0.25, -0.2) is 14.5 Å². The Labute approximate surface area is 102 Å². The molecule has 0 spiro atoms. The minimum absolute atomic E-state index is 0.00737. The van der Waals surface area contributed by atoms with Crippen molar-refractivity contribution in [1.29, 1.82) is 0 Å². The Bertz CT molecular complexity index is 708. The van der Waals surface area contributed by atoms with Gasteiger partial charge in [-0.3, -0.25) is 0 Å². The van der Waals surface area contributed by atoms with Gasteiger partial charge < -0.3 is 10.1 Å². The van der Waals surface area contributed by atoms with Crippen molar-refractivity contribution < 1.29 is 9.90 Å². The molecule has 3 rings (SSSR count). The molecule has 0 atom stereocenters. The number of nitrogens with one attached hydrogen (secondary N) is 1. The Kier molecular flexibility index (Phi) is 2.16. The van der Waals surface area contributed by atoms with Crippen molar-refractivity contribution in [3.63, 3.8) is 0 Å². The van der Waals surface area contributed by atoms with Crippen LogP contribution in [0.5, 0.6) is 0 Å². The number of aromatic amines is 1. The molecule has 2 N–H and O–H groups in total. The lowest BCUT2D eigenvalue weighted by molar-refractivity contribution is 0.0690. The van der Waals surface area contributed by atoms with Crippen molar-refractivity contribution in [3.8, 4) is 5.95 Å². The zero-order chi connectivity index (χ0) is 12.7. The van der Waals surface area contributed by atoms with Crippen LogP contribution in [0.3, 0.4) is 0 Å². The first kappa shape index (κ1) is 10.5. The zero-order valence-electron chi connectivity index (χ0n) is 9.58. The molecule has 3 aromatic rings. The average Bonchev–Trinajstić information content (AvgIpc) is 2.91. The van der Waals surface area contributed by atoms with E-state index in [4.69, 9.17) is 5.11 Å². The molecule has 90 valence electrons. The largest absolute Gasteiger partial charge is 0.476 e. The highest BCUT2D eigenvalue weighted by atomic mass is 16.4. The lowest BCUT2D eigenvalue weighted by Crippen LogP contribution is -2.03. The Morgan fingerprint density at radius 1 is 1.39 bits per heavy atom. The summed E-state index contributed by atoms with van der Waals surface area (Å²) in [6, 6.07) is 9.10. The van der Waals surface area contributed by atoms with Crippen LogP contribution in [-0.4, -0.2) is 30.8 Å². The molecule has 18 heavy (non-hydrogen) atoms. The highest BCUT2D eigenvalue weighted by Crippen LogP contribution is 2.15. The number of imidazole rings is 1. The minimum Gasteiger partial charge on any atom is -0.476 e. The van der Waals surface area contributed by atoms with Gasteiger partial charge in [0.1, 0.15) is 0 Å². The Balaban J connectivity index is 2.16. The molecule has 0 aliphatic heterocycles. The normalized spacial score (nSPS) is 10.9. The Morgan fingerprint density at radius 3 is 2.83 bits per heavy atom. The van der Waals surface area contributed by atoms with Gasteiger partial charge in [-0.2, -0.15) is 5.10 Å². The molecule has 0 fully saturated rings. The van der Waals surface area contributed by atoms with Gasteiger partial charge in [0.15, 0.2) is 5.69 Å². The predicted octanol–water partition coefficient (Wildman–Crippen LogP) is 1.76. The van der Waals surface area contributed by atoms with Crippen molar-refractivity contribution in [3.05, 3.63) is 41.7 Å². The van der Waals surface area contributed by atoms with E-state index >= 15 is 0 Å². The first-order chi connectivity index (χ1) is 8.65. The van der Waals surface area contributed by atoms with Crippen LogP contribution in [-0.2, 0) is 0 Å². The second-order valence-corrected chi connectivity index (χ2v) is 3.97. The molecular weight excluding hydrogens is 232 g/mol. The fraction of sp³-hybridized carbons (Fsp3) is 0.0833. The summed E-state index contributed by atoms with van der Waals surface area (Å²) in [6.07, 6.45) is 0. The molecule has 0 aliphatic rings. The van der Waals surface area contributed by atoms with Gasteiger partial charge in [0.2, 0.25) is 5.95 Å². The number of aromatic nitrogens is 4. The standard InChI is InChI=1S/C12H10N4O2/c1-7-6-10(11(17)18)15-16(7)12-13-8-4-2-3-5-9(8)14-12/h2-6H,1H3,(H,13,14)(H,17,18). The number of carbonyl (C=O) groups is 1. The van der Waals surface area contributed by atoms with Crippen LogP contribution in [0, 0.1) is 6.92 Å². The topological polar surface area (TPSA) is 83.8 Å². The van der Waals surface area contributed by atoms with Crippen molar-refractivity contribution in [2.24, 2.45) is 0 Å². The number of carboxylic acids is 1. The highest BCUT2D eigenvalue weighted by molar-refractivity contribution is 5.85. The number of carboxylic acid groups (broad SMARTS) is 1. The quantitative estimate of drug-likeness (QED) is 0.717. The van der Waals surface area contributed by atoms with E-state index in [9.17, 15) is 4.79 Å². The summed E-state index contributed by atoms with van der Waals surface area (Å²) >= 11 is 0. The smallest absolute Gasteiger partial charge is 0.356 e. The Morgan fingerprint density at radius 2 is 2.17 bits per heavy atom. The molecular formula is C12H10N4O2. The summed E-state index contributed by atoms with van der Waals surface area (Å²) in [5.41, 5.74) is 2.43. The van der Waals surface area contributed by atoms with Gasteiger partial charge in [-0.1, -0.05) is 12.1 Å². The van der Waals surface area contributed by atoms with E-state index < -0.39 is 5.97 Å². The van der Waals surface area contributed by atoms with Crippen molar-refractivity contribution >= 4 is 17.0 Å². The second-order valence-electron chi connectivity index (χ2n) is 3.97. The van der Waals surface area contributed by atoms with E-state index in [1.807, 2.05) is 24.3 Å². The molecule has 0 saturated heterocycles. The summed E-state index contributed by atoms with van der Waals surface area (Å²) in [5, 5.41) is 12.9. The van der Waals surface area contributed by atoms with E-state index in [1.165, 1.54) is 10.7 Å². The predicted molar refractivity (Wildman–Crippen MR) is 64.9 cm³/mol. The van der Waals surface area contributed by atoms with Crippen LogP contribution in [0.25, 0.3) is 17.0 Å². The van der Waals surface area contributed by atoms with Gasteiger partial charge in [0, 0.05) is 5.69 Å². The maximum Gasteiger partial charge on any atom is 0.356 e. The zero-order valence-corrected chi connectivity index (χ0v) is 9.58. The Hall–Kier alpha value is -2.63. The fourth-order valence-electron chi connectivity index (χ4n) is 1.83. The van der Waals surface area contributed by atoms with E-state index in [-0.39, 0.29) is 5.69 Å². The van der Waals surface area contributed by atoms with Gasteiger partial charge in [-0.05, 0) is 25.1 Å². The van der Waals surface area contributed by atoms with Crippen molar-refractivity contribution in [2.75, 3.05) is 0 Å². The second kappa shape index (κ2) is 3.69. The van der Waals surface area contributed by atoms with Crippen LogP contribution in [0.1, 0.15) is 16.2 Å². The molecule has 0 saturated carbocycles. The van der Waals surface area contributed by atoms with Crippen LogP contribution in [0.15, 0.2) is 30.3 Å². The number of aromatic carboxylic acids is 1. The molecule has 0 unspecified atom stereocenters. The number of benzene rings is 1. The first-order valence-electron chi connectivity index (χ1n) is 5.40. The molecule has 0 radical (unpaired) electrons. The number of rotatable bonds is 2. The van der Waals surface area contributed by atoms with E-state index in [2.05, 4.69) is 15.1 Å². The van der Waals surface area contributed by atoms with Crippen molar-refractivity contribution in [1.82, 2.24) is 19.7 Å². The summed E-state index contributed by atoms with van der Waals surface area (Å²) in [4.78, 5) is 18.3. The number of nitrogens with zero attached hydrogens (tertiary/aromatic N) is 3. The number of para-hydroxylation sites is 2. The highest BCUT2D eigenvalue weighted by Gasteiger charge is 2.13. The number of hydrogen-bond donors (Lipinski definition) is 2. The molecule has 0 amide bonds. The maximum atomic E-state index is 10.9. The maximum absolute atomic E-state index is 10.9. The van der Waals surface area contributed by atoms with Gasteiger partial charge in [-0.15, -0.1) is 0 Å². The molecule has 6 heteroatoms. The minimum atomic E-state index is -1.05. The first-order valence-corrected chi connectivity index (χ1v) is 5.40. The molecule has 0 bridgehead atoms. The summed E-state index contributed by atoms with van der Waals surface area (Å²) in [5.74, 6) is -0.533. The van der Waals surface area contributed by atoms with Gasteiger partial charge in [0.05, 0.1) is 11.0 Å². The van der Waals surface area contributed by atoms with Crippen molar-refractivity contribution in [2.45, 2.75) is 6.92 Å². The number of fused-ring (bicyclic) bond motifs is 1. The van der Waals surface area contributed by atoms with Crippen LogP contribution >= 0.6 is 0 Å². The van der Waals surface area contributed by atoms with Crippen LogP contribution in [0.4, 0.5) is 0 Å². The fourth-order valence-corrected chi connectivity index (χ4v) is 1.83. The molecule has 0 aliphatic carbocycles. The summed E-state index contributed by atoms with van der Waals surface area (Å²) < 4.78 is 1.49. The molecule has 2 heterocycles. The van der Waals surface area contributed by atoms with E-state index in [1.54, 1.807) is 6.92 Å².